The molecule has 0 bridgehead atoms. The number of anilines is 1. The van der Waals surface area contributed by atoms with Crippen molar-refractivity contribution < 1.29 is 27.1 Å². The molecule has 0 radical (unpaired) electrons. The standard InChI is InChI=1S/C33H40FN3O5S/c1-4-31(33(39)35-27-8-6-5-7-9-27)36(22-25-12-18-29(42-3)19-13-25)32(38)23-37(28-16-14-26(34)15-17-28)43(40,41)30-20-10-24(2)11-21-30/h10-21,27,31H,4-9,22-23H2,1-3H3,(H,35,39). The lowest BCUT2D eigenvalue weighted by Crippen LogP contribution is -2.54. The molecule has 0 aromatic heterocycles. The molecule has 4 rings (SSSR count). The number of methoxy groups -OCH3 is 1. The number of amides is 2. The minimum atomic E-state index is -4.22. The van der Waals surface area contributed by atoms with Gasteiger partial charge in [-0.1, -0.05) is 56.0 Å². The number of halogens is 1. The monoisotopic (exact) mass is 609 g/mol. The predicted molar refractivity (Wildman–Crippen MR) is 165 cm³/mol. The van der Waals surface area contributed by atoms with Crippen LogP contribution >= 0.6 is 0 Å². The molecule has 8 nitrogen and oxygen atoms in total. The van der Waals surface area contributed by atoms with E-state index in [1.807, 2.05) is 26.0 Å². The predicted octanol–water partition coefficient (Wildman–Crippen LogP) is 5.59. The molecule has 1 aliphatic rings. The number of sulfonamides is 1. The molecule has 0 spiro atoms. The van der Waals surface area contributed by atoms with E-state index in [0.717, 1.165) is 59.7 Å². The Hall–Kier alpha value is -3.92. The van der Waals surface area contributed by atoms with E-state index in [-0.39, 0.29) is 29.1 Å². The average Bonchev–Trinajstić information content (AvgIpc) is 3.01. The van der Waals surface area contributed by atoms with Gasteiger partial charge in [0.25, 0.3) is 10.0 Å². The van der Waals surface area contributed by atoms with Gasteiger partial charge in [-0.05, 0) is 80.3 Å². The fourth-order valence-electron chi connectivity index (χ4n) is 5.36. The van der Waals surface area contributed by atoms with Crippen LogP contribution in [0.4, 0.5) is 10.1 Å². The van der Waals surface area contributed by atoms with Crippen LogP contribution in [-0.4, -0.2) is 50.9 Å². The van der Waals surface area contributed by atoms with Crippen molar-refractivity contribution in [2.24, 2.45) is 0 Å². The molecule has 43 heavy (non-hydrogen) atoms. The van der Waals surface area contributed by atoms with Crippen molar-refractivity contribution in [1.29, 1.82) is 0 Å². The Bertz CT molecular complexity index is 1470. The highest BCUT2D eigenvalue weighted by Crippen LogP contribution is 2.26. The van der Waals surface area contributed by atoms with Gasteiger partial charge in [0.05, 0.1) is 17.7 Å². The van der Waals surface area contributed by atoms with Gasteiger partial charge in [0.2, 0.25) is 11.8 Å². The number of benzene rings is 3. The van der Waals surface area contributed by atoms with Crippen LogP contribution in [0.15, 0.2) is 77.7 Å². The Kier molecular flexibility index (Phi) is 10.8. The quantitative estimate of drug-likeness (QED) is 0.289. The van der Waals surface area contributed by atoms with E-state index in [1.165, 1.54) is 29.2 Å². The summed E-state index contributed by atoms with van der Waals surface area (Å²) in [6.07, 6.45) is 5.34. The lowest BCUT2D eigenvalue weighted by Gasteiger charge is -2.34. The average molecular weight is 610 g/mol. The van der Waals surface area contributed by atoms with Gasteiger partial charge in [-0.2, -0.15) is 0 Å². The Morgan fingerprint density at radius 2 is 1.58 bits per heavy atom. The van der Waals surface area contributed by atoms with Crippen LogP contribution in [0.1, 0.15) is 56.6 Å². The number of nitrogens with one attached hydrogen (secondary N) is 1. The number of hydrogen-bond donors (Lipinski definition) is 1. The summed E-state index contributed by atoms with van der Waals surface area (Å²) in [4.78, 5) is 29.3. The van der Waals surface area contributed by atoms with Crippen molar-refractivity contribution in [2.75, 3.05) is 18.0 Å². The summed E-state index contributed by atoms with van der Waals surface area (Å²) in [6, 6.07) is 17.7. The molecule has 1 unspecified atom stereocenters. The van der Waals surface area contributed by atoms with Crippen LogP contribution in [0, 0.1) is 12.7 Å². The molecule has 0 aliphatic heterocycles. The van der Waals surface area contributed by atoms with E-state index in [2.05, 4.69) is 5.32 Å². The van der Waals surface area contributed by atoms with Crippen LogP contribution in [0.5, 0.6) is 5.75 Å². The lowest BCUT2D eigenvalue weighted by molar-refractivity contribution is -0.140. The number of carbonyl (C=O) groups excluding carboxylic acids is 2. The van der Waals surface area contributed by atoms with Crippen LogP contribution in [-0.2, 0) is 26.2 Å². The third-order valence-corrected chi connectivity index (χ3v) is 9.64. The van der Waals surface area contributed by atoms with Gasteiger partial charge in [0.1, 0.15) is 24.2 Å². The van der Waals surface area contributed by atoms with E-state index >= 15 is 0 Å². The van der Waals surface area contributed by atoms with Crippen molar-refractivity contribution in [3.63, 3.8) is 0 Å². The highest BCUT2D eigenvalue weighted by atomic mass is 32.2. The second-order valence-corrected chi connectivity index (χ2v) is 12.8. The Balaban J connectivity index is 1.70. The molecule has 2 amide bonds. The van der Waals surface area contributed by atoms with Crippen molar-refractivity contribution in [3.05, 3.63) is 89.7 Å². The second kappa shape index (κ2) is 14.5. The molecule has 1 aliphatic carbocycles. The fourth-order valence-corrected chi connectivity index (χ4v) is 6.78. The van der Waals surface area contributed by atoms with E-state index < -0.39 is 34.3 Å². The molecule has 1 atom stereocenters. The molecular weight excluding hydrogens is 569 g/mol. The molecule has 3 aromatic rings. The highest BCUT2D eigenvalue weighted by molar-refractivity contribution is 7.92. The summed E-state index contributed by atoms with van der Waals surface area (Å²) in [5.74, 6) is -0.697. The van der Waals surface area contributed by atoms with E-state index in [4.69, 9.17) is 4.74 Å². The number of nitrogens with zero attached hydrogens (tertiary/aromatic N) is 2. The number of rotatable bonds is 12. The van der Waals surface area contributed by atoms with Crippen molar-refractivity contribution in [1.82, 2.24) is 10.2 Å². The molecule has 0 heterocycles. The van der Waals surface area contributed by atoms with Crippen molar-refractivity contribution in [3.8, 4) is 5.75 Å². The smallest absolute Gasteiger partial charge is 0.264 e. The normalized spacial score (nSPS) is 14.5. The first-order valence-corrected chi connectivity index (χ1v) is 16.1. The van der Waals surface area contributed by atoms with E-state index in [0.29, 0.717) is 12.2 Å². The van der Waals surface area contributed by atoms with Crippen LogP contribution in [0.25, 0.3) is 0 Å². The molecule has 1 fully saturated rings. The molecule has 3 aromatic carbocycles. The second-order valence-electron chi connectivity index (χ2n) is 10.9. The van der Waals surface area contributed by atoms with Crippen molar-refractivity contribution in [2.45, 2.75) is 75.9 Å². The first-order valence-electron chi connectivity index (χ1n) is 14.7. The maximum absolute atomic E-state index is 14.2. The van der Waals surface area contributed by atoms with Crippen LogP contribution < -0.4 is 14.4 Å². The van der Waals surface area contributed by atoms with Gasteiger partial charge in [0.15, 0.2) is 0 Å². The van der Waals surface area contributed by atoms with Gasteiger partial charge in [-0.15, -0.1) is 0 Å². The number of aryl methyl sites for hydroxylation is 1. The molecule has 1 N–H and O–H groups in total. The van der Waals surface area contributed by atoms with Gasteiger partial charge in [-0.3, -0.25) is 13.9 Å². The summed E-state index contributed by atoms with van der Waals surface area (Å²) < 4.78 is 47.9. The van der Waals surface area contributed by atoms with Gasteiger partial charge >= 0.3 is 0 Å². The number of hydrogen-bond acceptors (Lipinski definition) is 5. The summed E-state index contributed by atoms with van der Waals surface area (Å²) >= 11 is 0. The molecular formula is C33H40FN3O5S. The highest BCUT2D eigenvalue weighted by Gasteiger charge is 2.34. The Labute approximate surface area is 253 Å². The van der Waals surface area contributed by atoms with Gasteiger partial charge in [0, 0.05) is 12.6 Å². The zero-order valence-corrected chi connectivity index (χ0v) is 25.8. The lowest BCUT2D eigenvalue weighted by atomic mass is 9.95. The Morgan fingerprint density at radius 3 is 2.16 bits per heavy atom. The molecule has 10 heteroatoms. The maximum atomic E-state index is 14.2. The van der Waals surface area contributed by atoms with Crippen molar-refractivity contribution >= 4 is 27.5 Å². The fraction of sp³-hybridized carbons (Fsp3) is 0.394. The third kappa shape index (κ3) is 8.13. The Morgan fingerprint density at radius 1 is 0.953 bits per heavy atom. The topological polar surface area (TPSA) is 96.0 Å². The summed E-state index contributed by atoms with van der Waals surface area (Å²) in [5.41, 5.74) is 1.77. The zero-order chi connectivity index (χ0) is 31.0. The third-order valence-electron chi connectivity index (χ3n) is 7.85. The van der Waals surface area contributed by atoms with Gasteiger partial charge < -0.3 is 15.0 Å². The SMILES string of the molecule is CCC(C(=O)NC1CCCCC1)N(Cc1ccc(OC)cc1)C(=O)CN(c1ccc(F)cc1)S(=O)(=O)c1ccc(C)cc1. The summed E-state index contributed by atoms with van der Waals surface area (Å²) in [7, 11) is -2.66. The minimum absolute atomic E-state index is 0.000914. The van der Waals surface area contributed by atoms with Crippen LogP contribution in [0.3, 0.4) is 0 Å². The largest absolute Gasteiger partial charge is 0.497 e. The number of carbonyl (C=O) groups is 2. The maximum Gasteiger partial charge on any atom is 0.264 e. The zero-order valence-electron chi connectivity index (χ0n) is 25.0. The van der Waals surface area contributed by atoms with E-state index in [1.54, 1.807) is 31.4 Å². The summed E-state index contributed by atoms with van der Waals surface area (Å²) in [6.45, 7) is 3.19. The van der Waals surface area contributed by atoms with Crippen LogP contribution in [0.2, 0.25) is 0 Å². The first kappa shape index (κ1) is 32.0. The van der Waals surface area contributed by atoms with Gasteiger partial charge in [-0.25, -0.2) is 12.8 Å². The summed E-state index contributed by atoms with van der Waals surface area (Å²) in [5, 5.41) is 3.14. The molecule has 1 saturated carbocycles. The minimum Gasteiger partial charge on any atom is -0.497 e. The molecule has 0 saturated heterocycles. The first-order chi connectivity index (χ1) is 20.6. The number of ether oxygens (including phenoxy) is 1. The molecule has 230 valence electrons. The van der Waals surface area contributed by atoms with E-state index in [9.17, 15) is 22.4 Å².